The van der Waals surface area contributed by atoms with Crippen molar-refractivity contribution in [1.29, 1.82) is 0 Å². The molecule has 0 unspecified atom stereocenters. The molecule has 1 aromatic carbocycles. The first kappa shape index (κ1) is 23.1. The van der Waals surface area contributed by atoms with Crippen molar-refractivity contribution in [3.63, 3.8) is 0 Å². The highest BCUT2D eigenvalue weighted by molar-refractivity contribution is 9.10. The highest BCUT2D eigenvalue weighted by Gasteiger charge is 2.30. The van der Waals surface area contributed by atoms with Gasteiger partial charge in [-0.25, -0.2) is 10.2 Å². The summed E-state index contributed by atoms with van der Waals surface area (Å²) in [5.74, 6) is -0.627. The van der Waals surface area contributed by atoms with Crippen molar-refractivity contribution in [2.24, 2.45) is 0 Å². The first-order valence-electron chi connectivity index (χ1n) is 10.0. The van der Waals surface area contributed by atoms with Gasteiger partial charge in [0, 0.05) is 35.3 Å². The molecule has 3 N–H and O–H groups in total. The number of esters is 1. The number of aromatic nitrogens is 4. The fraction of sp³-hybridized carbons (Fsp3) is 0.300. The second-order valence-corrected chi connectivity index (χ2v) is 9.08. The van der Waals surface area contributed by atoms with Crippen LogP contribution in [0.4, 0.5) is 5.95 Å². The summed E-state index contributed by atoms with van der Waals surface area (Å²) in [6.07, 6.45) is 1.73. The number of rotatable bonds is 6. The van der Waals surface area contributed by atoms with Crippen molar-refractivity contribution in [2.45, 2.75) is 18.9 Å². The second kappa shape index (κ2) is 9.83. The summed E-state index contributed by atoms with van der Waals surface area (Å²) in [5.41, 5.74) is 1.12. The van der Waals surface area contributed by atoms with Gasteiger partial charge in [0.15, 0.2) is 0 Å². The van der Waals surface area contributed by atoms with Crippen LogP contribution in [0.5, 0.6) is 0 Å². The van der Waals surface area contributed by atoms with Gasteiger partial charge >= 0.3 is 17.4 Å². The molecule has 11 nitrogen and oxygen atoms in total. The topological polar surface area (TPSA) is 133 Å². The Morgan fingerprint density at radius 3 is 2.82 bits per heavy atom. The zero-order valence-electron chi connectivity index (χ0n) is 17.2. The SMILES string of the molecule is O=C(CCNc1n[n+](O)c2cc(Br)ccc2[n+]1O)O[C@@H]1CCN(C(=O)c2ccnc(Br)c2)C1. The minimum atomic E-state index is -0.445. The summed E-state index contributed by atoms with van der Waals surface area (Å²) in [6.45, 7) is 0.933. The first-order chi connectivity index (χ1) is 15.8. The number of carbonyl (C=O) groups is 2. The summed E-state index contributed by atoms with van der Waals surface area (Å²) in [4.78, 5) is 31.1. The normalized spacial score (nSPS) is 15.6. The molecule has 0 radical (unpaired) electrons. The number of nitrogens with zero attached hydrogens (tertiary/aromatic N) is 5. The van der Waals surface area contributed by atoms with E-state index < -0.39 is 5.97 Å². The number of hydrogen-bond donors (Lipinski definition) is 3. The average molecular weight is 584 g/mol. The van der Waals surface area contributed by atoms with Crippen molar-refractivity contribution >= 4 is 60.7 Å². The lowest BCUT2D eigenvalue weighted by Gasteiger charge is -2.16. The lowest BCUT2D eigenvalue weighted by atomic mass is 10.2. The minimum absolute atomic E-state index is 0.00717. The van der Waals surface area contributed by atoms with E-state index in [1.54, 1.807) is 41.4 Å². The monoisotopic (exact) mass is 582 g/mol. The van der Waals surface area contributed by atoms with Gasteiger partial charge in [0.2, 0.25) is 10.4 Å². The van der Waals surface area contributed by atoms with Crippen LogP contribution in [-0.4, -0.2) is 63.0 Å². The van der Waals surface area contributed by atoms with Crippen LogP contribution in [0, 0.1) is 0 Å². The van der Waals surface area contributed by atoms with Crippen molar-refractivity contribution in [3.8, 4) is 0 Å². The van der Waals surface area contributed by atoms with E-state index >= 15 is 0 Å². The summed E-state index contributed by atoms with van der Waals surface area (Å²) in [7, 11) is 0. The minimum Gasteiger partial charge on any atom is -0.460 e. The molecule has 0 aliphatic carbocycles. The Bertz CT molecular complexity index is 1230. The Morgan fingerprint density at radius 1 is 1.21 bits per heavy atom. The first-order valence-corrected chi connectivity index (χ1v) is 11.6. The molecule has 3 heterocycles. The number of ether oxygens (including phenoxy) is 1. The predicted octanol–water partition coefficient (Wildman–Crippen LogP) is 1.46. The van der Waals surface area contributed by atoms with E-state index in [2.05, 4.69) is 47.3 Å². The van der Waals surface area contributed by atoms with Crippen molar-refractivity contribution < 1.29 is 34.3 Å². The maximum atomic E-state index is 12.6. The van der Waals surface area contributed by atoms with Gasteiger partial charge in [0.1, 0.15) is 10.7 Å². The van der Waals surface area contributed by atoms with Crippen molar-refractivity contribution in [2.75, 3.05) is 25.0 Å². The predicted molar refractivity (Wildman–Crippen MR) is 120 cm³/mol. The van der Waals surface area contributed by atoms with E-state index in [9.17, 15) is 20.0 Å². The van der Waals surface area contributed by atoms with Crippen LogP contribution in [0.3, 0.4) is 0 Å². The fourth-order valence-electron chi connectivity index (χ4n) is 3.49. The third-order valence-corrected chi connectivity index (χ3v) is 6.01. The van der Waals surface area contributed by atoms with Gasteiger partial charge < -0.3 is 14.8 Å². The van der Waals surface area contributed by atoms with E-state index in [1.165, 1.54) is 0 Å². The number of amides is 1. The molecule has 1 atom stereocenters. The second-order valence-electron chi connectivity index (χ2n) is 7.35. The molecule has 0 saturated carbocycles. The molecular formula is C20H20Br2N6O5+2. The molecule has 1 fully saturated rings. The van der Waals surface area contributed by atoms with Crippen LogP contribution in [0.15, 0.2) is 45.6 Å². The quantitative estimate of drug-likeness (QED) is 0.172. The molecule has 13 heteroatoms. The molecule has 1 saturated heterocycles. The molecule has 2 aromatic heterocycles. The van der Waals surface area contributed by atoms with Gasteiger partial charge in [-0.2, -0.15) is 0 Å². The Morgan fingerprint density at radius 2 is 2.03 bits per heavy atom. The van der Waals surface area contributed by atoms with Gasteiger partial charge in [-0.05, 0) is 44.9 Å². The lowest BCUT2D eigenvalue weighted by molar-refractivity contribution is -0.950. The summed E-state index contributed by atoms with van der Waals surface area (Å²) >= 11 is 6.54. The van der Waals surface area contributed by atoms with Crippen LogP contribution in [-0.2, 0) is 9.53 Å². The highest BCUT2D eigenvalue weighted by Crippen LogP contribution is 2.18. The summed E-state index contributed by atoms with van der Waals surface area (Å²) in [6, 6.07) is 8.20. The molecule has 1 aliphatic heterocycles. The zero-order chi connectivity index (χ0) is 23.5. The molecule has 0 bridgehead atoms. The van der Waals surface area contributed by atoms with E-state index in [1.807, 2.05) is 0 Å². The number of benzene rings is 1. The average Bonchev–Trinajstić information content (AvgIpc) is 3.25. The van der Waals surface area contributed by atoms with Crippen molar-refractivity contribution in [3.05, 3.63) is 51.2 Å². The number of carbonyl (C=O) groups excluding carboxylic acids is 2. The maximum absolute atomic E-state index is 12.6. The zero-order valence-corrected chi connectivity index (χ0v) is 20.4. The van der Waals surface area contributed by atoms with Crippen LogP contribution in [0.25, 0.3) is 11.0 Å². The third-order valence-electron chi connectivity index (χ3n) is 5.09. The Kier molecular flexibility index (Phi) is 6.88. The van der Waals surface area contributed by atoms with E-state index in [0.717, 1.165) is 4.73 Å². The van der Waals surface area contributed by atoms with Gasteiger partial charge in [-0.3, -0.25) is 14.9 Å². The molecule has 172 valence electrons. The number of fused-ring (bicyclic) bond motifs is 1. The van der Waals surface area contributed by atoms with Crippen molar-refractivity contribution in [1.82, 2.24) is 15.0 Å². The van der Waals surface area contributed by atoms with Gasteiger partial charge in [0.25, 0.3) is 11.0 Å². The number of hydrogen-bond acceptors (Lipinski definition) is 8. The van der Waals surface area contributed by atoms with Crippen LogP contribution in [0.2, 0.25) is 0 Å². The number of nitrogens with one attached hydrogen (secondary N) is 1. The molecule has 1 amide bonds. The Balaban J connectivity index is 1.28. The van der Waals surface area contributed by atoms with Gasteiger partial charge in [-0.15, -0.1) is 0 Å². The smallest absolute Gasteiger partial charge is 0.460 e. The number of anilines is 1. The van der Waals surface area contributed by atoms with Gasteiger partial charge in [0.05, 0.1) is 19.5 Å². The van der Waals surface area contributed by atoms with E-state index in [0.29, 0.717) is 44.5 Å². The lowest BCUT2D eigenvalue weighted by Crippen LogP contribution is -2.47. The Hall–Kier alpha value is -3.06. The van der Waals surface area contributed by atoms with E-state index in [4.69, 9.17) is 4.74 Å². The van der Waals surface area contributed by atoms with Gasteiger partial charge in [-0.1, -0.05) is 15.9 Å². The molecule has 3 aromatic rings. The standard InChI is InChI=1S/C20H19Br2N6O5/c21-13-1-2-15-16(10-13)28(32)25-20(27(15)31)24-7-4-18(29)33-14-5-8-26(11-14)19(30)12-3-6-23-17(22)9-12/h1-3,6,9-10,14,31H,4-5,7-8,11H2,(H,24,25,32)/q+1/p+1/t14-/m1/s1. The highest BCUT2D eigenvalue weighted by atomic mass is 79.9. The maximum Gasteiger partial charge on any atom is 0.500 e. The van der Waals surface area contributed by atoms with Crippen LogP contribution in [0.1, 0.15) is 23.2 Å². The number of pyridine rings is 1. The number of likely N-dealkylation sites (tertiary alicyclic amines) is 1. The number of halogens is 2. The fourth-order valence-corrected chi connectivity index (χ4v) is 4.21. The molecular weight excluding hydrogens is 564 g/mol. The van der Waals surface area contributed by atoms with Crippen LogP contribution >= 0.6 is 31.9 Å². The summed E-state index contributed by atoms with van der Waals surface area (Å²) < 4.78 is 7.56. The molecule has 0 spiro atoms. The van der Waals surface area contributed by atoms with E-state index in [-0.39, 0.29) is 36.4 Å². The Labute approximate surface area is 204 Å². The largest absolute Gasteiger partial charge is 0.500 e. The molecule has 33 heavy (non-hydrogen) atoms. The molecule has 1 aliphatic rings. The third kappa shape index (κ3) is 5.30. The molecule has 4 rings (SSSR count). The summed E-state index contributed by atoms with van der Waals surface area (Å²) in [5, 5.41) is 27.1. The van der Waals surface area contributed by atoms with Crippen LogP contribution < -0.4 is 14.9 Å².